The Labute approximate surface area is 117 Å². The Morgan fingerprint density at radius 3 is 2.43 bits per heavy atom. The number of halogens is 3. The minimum Gasteiger partial charge on any atom is -0.477 e. The molecule has 1 N–H and O–H groups in total. The monoisotopic (exact) mass is 299 g/mol. The molecule has 0 bridgehead atoms. The molecular weight excluding hydrogens is 287 g/mol. The Balaban J connectivity index is 3.10. The number of carboxylic acid groups (broad SMARTS) is 1. The second kappa shape index (κ2) is 5.23. The number of rotatable bonds is 3. The third-order valence-electron chi connectivity index (χ3n) is 3.42. The van der Waals surface area contributed by atoms with Crippen LogP contribution in [0, 0.1) is 17.5 Å². The fourth-order valence-corrected chi connectivity index (χ4v) is 2.21. The maximum atomic E-state index is 14.1. The highest BCUT2D eigenvalue weighted by atomic mass is 19.2. The summed E-state index contributed by atoms with van der Waals surface area (Å²) in [6.07, 6.45) is 0.413. The third-order valence-corrected chi connectivity index (χ3v) is 3.42. The molecule has 0 saturated carbocycles. The zero-order valence-electron chi connectivity index (χ0n) is 11.3. The second-order valence-electron chi connectivity index (χ2n) is 4.71. The lowest BCUT2D eigenvalue weighted by Gasteiger charge is -2.20. The summed E-state index contributed by atoms with van der Waals surface area (Å²) in [4.78, 5) is 23.1. The van der Waals surface area contributed by atoms with Crippen LogP contribution >= 0.6 is 0 Å². The van der Waals surface area contributed by atoms with Crippen LogP contribution in [0.2, 0.25) is 0 Å². The molecule has 0 radical (unpaired) electrons. The van der Waals surface area contributed by atoms with Crippen LogP contribution in [0.4, 0.5) is 13.2 Å². The average Bonchev–Trinajstić information content (AvgIpc) is 2.44. The number of aromatic carboxylic acids is 1. The summed E-state index contributed by atoms with van der Waals surface area (Å²) in [6, 6.07) is 0.854. The van der Waals surface area contributed by atoms with Crippen molar-refractivity contribution in [1.82, 2.24) is 4.57 Å². The summed E-state index contributed by atoms with van der Waals surface area (Å²) in [5.41, 5.74) is -1.88. The Morgan fingerprint density at radius 1 is 1.29 bits per heavy atom. The standard InChI is InChI=1S/C14H12F3NO3/c1-3-6(2)18-9(14(20)21)5-10(19)7-4-8(15)11(16)12(17)13(7)18/h4-6H,3H2,1-2H3,(H,20,21). The first kappa shape index (κ1) is 15.1. The fraction of sp³-hybridized carbons (Fsp3) is 0.286. The molecule has 4 nitrogen and oxygen atoms in total. The van der Waals surface area contributed by atoms with Gasteiger partial charge in [-0.15, -0.1) is 0 Å². The van der Waals surface area contributed by atoms with Gasteiger partial charge in [0.2, 0.25) is 0 Å². The fourth-order valence-electron chi connectivity index (χ4n) is 2.21. The summed E-state index contributed by atoms with van der Waals surface area (Å²) in [7, 11) is 0. The maximum absolute atomic E-state index is 14.1. The lowest BCUT2D eigenvalue weighted by Crippen LogP contribution is -2.22. The smallest absolute Gasteiger partial charge is 0.352 e. The number of nitrogens with zero attached hydrogens (tertiary/aromatic N) is 1. The van der Waals surface area contributed by atoms with Gasteiger partial charge in [-0.25, -0.2) is 18.0 Å². The molecule has 2 rings (SSSR count). The molecule has 7 heteroatoms. The highest BCUT2D eigenvalue weighted by Crippen LogP contribution is 2.26. The topological polar surface area (TPSA) is 59.3 Å². The molecule has 1 unspecified atom stereocenters. The van der Waals surface area contributed by atoms with Gasteiger partial charge in [-0.3, -0.25) is 4.79 Å². The van der Waals surface area contributed by atoms with E-state index in [0.29, 0.717) is 12.5 Å². The van der Waals surface area contributed by atoms with Gasteiger partial charge in [0.1, 0.15) is 5.69 Å². The molecule has 1 heterocycles. The van der Waals surface area contributed by atoms with E-state index in [0.717, 1.165) is 10.6 Å². The lowest BCUT2D eigenvalue weighted by molar-refractivity contribution is 0.0682. The van der Waals surface area contributed by atoms with Crippen LogP contribution in [0.5, 0.6) is 0 Å². The molecule has 1 aromatic heterocycles. The summed E-state index contributed by atoms with van der Waals surface area (Å²) in [5, 5.41) is 8.77. The Kier molecular flexibility index (Phi) is 3.76. The van der Waals surface area contributed by atoms with E-state index >= 15 is 0 Å². The van der Waals surface area contributed by atoms with E-state index in [-0.39, 0.29) is 0 Å². The van der Waals surface area contributed by atoms with Crippen LogP contribution < -0.4 is 5.43 Å². The van der Waals surface area contributed by atoms with Gasteiger partial charge >= 0.3 is 5.97 Å². The van der Waals surface area contributed by atoms with Gasteiger partial charge in [-0.1, -0.05) is 6.92 Å². The van der Waals surface area contributed by atoms with Crippen molar-refractivity contribution in [3.05, 3.63) is 45.5 Å². The number of pyridine rings is 1. The predicted octanol–water partition coefficient (Wildman–Crippen LogP) is 3.09. The van der Waals surface area contributed by atoms with Crippen molar-refractivity contribution in [2.45, 2.75) is 26.3 Å². The number of carbonyl (C=O) groups is 1. The highest BCUT2D eigenvalue weighted by molar-refractivity contribution is 5.91. The first-order chi connectivity index (χ1) is 9.79. The average molecular weight is 299 g/mol. The normalized spacial score (nSPS) is 12.6. The van der Waals surface area contributed by atoms with Crippen LogP contribution in [0.15, 0.2) is 16.9 Å². The predicted molar refractivity (Wildman–Crippen MR) is 70.0 cm³/mol. The number of fused-ring (bicyclic) bond motifs is 1. The third kappa shape index (κ3) is 2.28. The lowest BCUT2D eigenvalue weighted by atomic mass is 10.1. The van der Waals surface area contributed by atoms with Crippen molar-refractivity contribution < 1.29 is 23.1 Å². The number of aromatic nitrogens is 1. The summed E-state index contributed by atoms with van der Waals surface area (Å²) < 4.78 is 41.8. The number of benzene rings is 1. The Morgan fingerprint density at radius 2 is 1.90 bits per heavy atom. The van der Waals surface area contributed by atoms with Gasteiger partial charge < -0.3 is 9.67 Å². The van der Waals surface area contributed by atoms with E-state index in [1.165, 1.54) is 0 Å². The molecule has 0 spiro atoms. The molecule has 0 fully saturated rings. The van der Waals surface area contributed by atoms with Gasteiger partial charge in [-0.05, 0) is 19.4 Å². The van der Waals surface area contributed by atoms with Crippen molar-refractivity contribution in [2.24, 2.45) is 0 Å². The zero-order chi connectivity index (χ0) is 15.9. The number of carboxylic acids is 1. The largest absolute Gasteiger partial charge is 0.477 e. The Bertz CT molecular complexity index is 798. The van der Waals surface area contributed by atoms with E-state index in [4.69, 9.17) is 5.11 Å². The van der Waals surface area contributed by atoms with Crippen molar-refractivity contribution in [3.63, 3.8) is 0 Å². The van der Waals surface area contributed by atoms with E-state index in [9.17, 15) is 22.8 Å². The molecular formula is C14H12F3NO3. The van der Waals surface area contributed by atoms with Gasteiger partial charge in [0, 0.05) is 12.1 Å². The van der Waals surface area contributed by atoms with Crippen molar-refractivity contribution in [3.8, 4) is 0 Å². The molecule has 2 aromatic rings. The second-order valence-corrected chi connectivity index (χ2v) is 4.71. The minimum absolute atomic E-state index is 0.392. The van der Waals surface area contributed by atoms with Crippen LogP contribution in [0.1, 0.15) is 36.8 Å². The van der Waals surface area contributed by atoms with E-state index in [1.807, 2.05) is 0 Å². The number of hydrogen-bond donors (Lipinski definition) is 1. The Hall–Kier alpha value is -2.31. The molecule has 112 valence electrons. The molecule has 0 aliphatic carbocycles. The first-order valence-corrected chi connectivity index (χ1v) is 6.25. The van der Waals surface area contributed by atoms with Crippen molar-refractivity contribution in [2.75, 3.05) is 0 Å². The molecule has 21 heavy (non-hydrogen) atoms. The first-order valence-electron chi connectivity index (χ1n) is 6.25. The number of hydrogen-bond acceptors (Lipinski definition) is 2. The maximum Gasteiger partial charge on any atom is 0.352 e. The quantitative estimate of drug-likeness (QED) is 0.886. The van der Waals surface area contributed by atoms with Crippen molar-refractivity contribution in [1.29, 1.82) is 0 Å². The van der Waals surface area contributed by atoms with Crippen LogP contribution in [-0.2, 0) is 0 Å². The molecule has 0 aliphatic rings. The van der Waals surface area contributed by atoms with Crippen LogP contribution in [0.25, 0.3) is 10.9 Å². The SMILES string of the molecule is CCC(C)n1c(C(=O)O)cc(=O)c2cc(F)c(F)c(F)c21. The minimum atomic E-state index is -1.73. The van der Waals surface area contributed by atoms with Crippen LogP contribution in [0.3, 0.4) is 0 Å². The van der Waals surface area contributed by atoms with E-state index < -0.39 is 51.5 Å². The molecule has 1 atom stereocenters. The summed E-state index contributed by atoms with van der Waals surface area (Å²) >= 11 is 0. The molecule has 0 amide bonds. The van der Waals surface area contributed by atoms with Gasteiger partial charge in [0.05, 0.1) is 10.9 Å². The van der Waals surface area contributed by atoms with Gasteiger partial charge in [0.15, 0.2) is 22.9 Å². The summed E-state index contributed by atoms with van der Waals surface area (Å²) in [5.74, 6) is -6.23. The molecule has 0 saturated heterocycles. The van der Waals surface area contributed by atoms with Crippen LogP contribution in [-0.4, -0.2) is 15.6 Å². The summed E-state index contributed by atoms with van der Waals surface area (Å²) in [6.45, 7) is 3.31. The van der Waals surface area contributed by atoms with E-state index in [1.54, 1.807) is 13.8 Å². The van der Waals surface area contributed by atoms with Gasteiger partial charge in [-0.2, -0.15) is 0 Å². The molecule has 1 aromatic carbocycles. The van der Waals surface area contributed by atoms with Crippen molar-refractivity contribution >= 4 is 16.9 Å². The highest BCUT2D eigenvalue weighted by Gasteiger charge is 2.24. The molecule has 0 aliphatic heterocycles. The van der Waals surface area contributed by atoms with E-state index in [2.05, 4.69) is 0 Å². The zero-order valence-corrected chi connectivity index (χ0v) is 11.3. The van der Waals surface area contributed by atoms with Gasteiger partial charge in [0.25, 0.3) is 0 Å².